The Labute approximate surface area is 200 Å². The van der Waals surface area contributed by atoms with Gasteiger partial charge in [0.05, 0.1) is 23.4 Å². The number of piperidine rings is 1. The molecule has 2 N–H and O–H groups in total. The highest BCUT2D eigenvalue weighted by atomic mass is 32.2. The summed E-state index contributed by atoms with van der Waals surface area (Å²) in [5.41, 5.74) is -5.89. The molecule has 1 aliphatic carbocycles. The summed E-state index contributed by atoms with van der Waals surface area (Å²) in [6.07, 6.45) is -13.1. The molecular weight excluding hydrogens is 444 g/mol. The number of sulfonamides is 1. The van der Waals surface area contributed by atoms with Crippen LogP contribution in [0.3, 0.4) is 0 Å². The molecule has 2 fully saturated rings. The molecule has 32 heavy (non-hydrogen) atoms. The number of anilines is 1. The van der Waals surface area contributed by atoms with Crippen LogP contribution in [0, 0.1) is 0 Å². The Morgan fingerprint density at radius 2 is 2.19 bits per heavy atom. The molecule has 2 atom stereocenters. The van der Waals surface area contributed by atoms with Gasteiger partial charge in [-0.15, -0.1) is 0 Å². The van der Waals surface area contributed by atoms with E-state index in [1.807, 2.05) is 0 Å². The molecule has 0 spiro atoms. The molecular formula is C20H27F2N5O4S. The van der Waals surface area contributed by atoms with E-state index < -0.39 is 95.7 Å². The van der Waals surface area contributed by atoms with Gasteiger partial charge in [-0.2, -0.15) is 4.98 Å². The first-order chi connectivity index (χ1) is 19.2. The quantitative estimate of drug-likeness (QED) is 0.670. The first-order valence-corrected chi connectivity index (χ1v) is 11.0. The topological polar surface area (TPSA) is 117 Å². The number of alkyl halides is 2. The molecule has 2 aromatic heterocycles. The number of rotatable bonds is 5. The Hall–Kier alpha value is -2.18. The van der Waals surface area contributed by atoms with E-state index in [4.69, 9.17) is 15.1 Å². The molecule has 2 aromatic rings. The third kappa shape index (κ3) is 4.35. The molecule has 1 aliphatic heterocycles. The van der Waals surface area contributed by atoms with E-state index >= 15 is 0 Å². The minimum Gasteiger partial charge on any atom is -0.388 e. The van der Waals surface area contributed by atoms with E-state index in [2.05, 4.69) is 15.3 Å². The van der Waals surface area contributed by atoms with Crippen molar-refractivity contribution >= 4 is 27.0 Å². The summed E-state index contributed by atoms with van der Waals surface area (Å²) in [4.78, 5) is 21.2. The average Bonchev–Trinajstić information content (AvgIpc) is 3.21. The van der Waals surface area contributed by atoms with Crippen LogP contribution < -0.4 is 10.9 Å². The summed E-state index contributed by atoms with van der Waals surface area (Å²) in [7, 11) is -5.12. The summed E-state index contributed by atoms with van der Waals surface area (Å²) in [6, 6.07) is -2.90. The van der Waals surface area contributed by atoms with Crippen molar-refractivity contribution in [3.63, 3.8) is 0 Å². The van der Waals surface area contributed by atoms with Crippen LogP contribution in [0.2, 0.25) is 0 Å². The van der Waals surface area contributed by atoms with Crippen LogP contribution in [-0.2, 0) is 10.0 Å². The van der Waals surface area contributed by atoms with Gasteiger partial charge < -0.3 is 10.4 Å². The van der Waals surface area contributed by atoms with Gasteiger partial charge in [0.25, 0.3) is 12.0 Å². The first kappa shape index (κ1) is 12.9. The van der Waals surface area contributed by atoms with Gasteiger partial charge in [-0.1, -0.05) is 0 Å². The minimum absolute atomic E-state index is 0.0866. The molecule has 176 valence electrons. The van der Waals surface area contributed by atoms with Crippen LogP contribution in [0.15, 0.2) is 17.1 Å². The zero-order valence-corrected chi connectivity index (χ0v) is 17.3. The monoisotopic (exact) mass is 482 g/mol. The highest BCUT2D eigenvalue weighted by Crippen LogP contribution is 2.39. The van der Waals surface area contributed by atoms with Crippen molar-refractivity contribution < 1.29 is 37.4 Å². The Kier molecular flexibility index (Phi) is 3.35. The van der Waals surface area contributed by atoms with Crippen molar-refractivity contribution in [2.75, 3.05) is 24.6 Å². The average molecular weight is 483 g/mol. The fraction of sp³-hybridized carbons (Fsp3) is 0.650. The summed E-state index contributed by atoms with van der Waals surface area (Å²) in [5.74, 6) is -0.577. The SMILES string of the molecule is [2H]C(F)(F)c1cc2cnc(NC3C([2H])([2H])CN(S(=O)(=O)C([2H])([2H])[2H])CC3([2H])[2H])nc2n([C@@H]2CCC[C@]2(O)C([2H])([2H])[2H])c1=O. The molecule has 1 saturated heterocycles. The number of nitrogens with one attached hydrogen (secondary N) is 1. The number of hydrogen-bond donors (Lipinski definition) is 2. The van der Waals surface area contributed by atoms with Crippen LogP contribution in [0.4, 0.5) is 14.7 Å². The number of aliphatic hydroxyl groups is 1. The summed E-state index contributed by atoms with van der Waals surface area (Å²) < 4.78 is 140. The van der Waals surface area contributed by atoms with Crippen LogP contribution >= 0.6 is 0 Å². The van der Waals surface area contributed by atoms with Gasteiger partial charge >= 0.3 is 0 Å². The van der Waals surface area contributed by atoms with E-state index in [9.17, 15) is 27.1 Å². The van der Waals surface area contributed by atoms with Gasteiger partial charge in [0.2, 0.25) is 16.0 Å². The third-order valence-corrected chi connectivity index (χ3v) is 6.37. The third-order valence-electron chi connectivity index (χ3n) is 5.43. The Bertz CT molecular complexity index is 1580. The maximum Gasteiger partial charge on any atom is 0.269 e. The molecule has 4 rings (SSSR count). The smallest absolute Gasteiger partial charge is 0.269 e. The van der Waals surface area contributed by atoms with Gasteiger partial charge in [0.15, 0.2) is 0 Å². The number of nitrogens with zero attached hydrogens (tertiary/aromatic N) is 4. The van der Waals surface area contributed by atoms with Gasteiger partial charge in [0.1, 0.15) is 7.02 Å². The Balaban J connectivity index is 1.84. The van der Waals surface area contributed by atoms with E-state index in [0.29, 0.717) is 10.6 Å². The van der Waals surface area contributed by atoms with Gasteiger partial charge in [-0.3, -0.25) is 9.36 Å². The number of hydrogen-bond acceptors (Lipinski definition) is 7. The zero-order valence-electron chi connectivity index (χ0n) is 27.5. The van der Waals surface area contributed by atoms with Gasteiger partial charge in [0, 0.05) is 44.4 Å². The number of aromatic nitrogens is 3. The van der Waals surface area contributed by atoms with Gasteiger partial charge in [-0.25, -0.2) is 26.5 Å². The lowest BCUT2D eigenvalue weighted by atomic mass is 9.99. The molecule has 9 nitrogen and oxygen atoms in total. The maximum absolute atomic E-state index is 14.1. The lowest BCUT2D eigenvalue weighted by Gasteiger charge is -2.31. The van der Waals surface area contributed by atoms with Crippen molar-refractivity contribution in [1.29, 1.82) is 0 Å². The van der Waals surface area contributed by atoms with E-state index in [0.717, 1.165) is 6.20 Å². The zero-order chi connectivity index (χ0) is 32.8. The predicted octanol–water partition coefficient (Wildman–Crippen LogP) is 2.04. The molecule has 12 heteroatoms. The summed E-state index contributed by atoms with van der Waals surface area (Å²) in [6.45, 7) is -5.21. The van der Waals surface area contributed by atoms with E-state index in [1.165, 1.54) is 0 Å². The van der Waals surface area contributed by atoms with E-state index in [-0.39, 0.29) is 29.0 Å². The molecule has 3 heterocycles. The minimum atomic E-state index is -5.12. The fourth-order valence-corrected chi connectivity index (χ4v) is 4.33. The molecule has 0 amide bonds. The summed E-state index contributed by atoms with van der Waals surface area (Å²) >= 11 is 0. The predicted molar refractivity (Wildman–Crippen MR) is 115 cm³/mol. The van der Waals surface area contributed by atoms with Crippen LogP contribution in [0.5, 0.6) is 0 Å². The molecule has 0 unspecified atom stereocenters. The Morgan fingerprint density at radius 3 is 2.84 bits per heavy atom. The molecule has 1 saturated carbocycles. The van der Waals surface area contributed by atoms with Crippen molar-refractivity contribution in [3.05, 3.63) is 28.2 Å². The lowest BCUT2D eigenvalue weighted by molar-refractivity contribution is 0.0261. The maximum atomic E-state index is 14.1. The van der Waals surface area contributed by atoms with E-state index in [1.54, 1.807) is 0 Å². The van der Waals surface area contributed by atoms with Crippen LogP contribution in [-0.4, -0.2) is 63.3 Å². The molecule has 0 radical (unpaired) electrons. The first-order valence-electron chi connectivity index (χ1n) is 15.0. The Morgan fingerprint density at radius 1 is 1.44 bits per heavy atom. The second-order valence-electron chi connectivity index (χ2n) is 7.56. The van der Waals surface area contributed by atoms with Crippen molar-refractivity contribution in [2.45, 2.75) is 62.9 Å². The summed E-state index contributed by atoms with van der Waals surface area (Å²) in [5, 5.41) is 13.2. The van der Waals surface area contributed by atoms with Gasteiger partial charge in [-0.05, 0) is 44.9 Å². The molecule has 2 aliphatic rings. The second kappa shape index (κ2) is 8.31. The van der Waals surface area contributed by atoms with Crippen LogP contribution in [0.1, 0.15) is 71.9 Å². The standard InChI is InChI=1S/C20H27F2N5O4S/c1-20(29)7-3-4-15(20)27-17-12(10-14(16(21)22)18(27)28)11-23-19(25-17)24-13-5-8-26(9-6-13)32(2,30)31/h10-11,13,15-16,29H,3-9H2,1-2H3,(H,23,24,25)/t15-,20-/m1/s1/i1D3,2D3,5D2,6D2,16D. The van der Waals surface area contributed by atoms with Crippen molar-refractivity contribution in [3.8, 4) is 0 Å². The number of fused-ring (bicyclic) bond motifs is 1. The highest BCUT2D eigenvalue weighted by molar-refractivity contribution is 7.88. The largest absolute Gasteiger partial charge is 0.388 e. The molecule has 0 aromatic carbocycles. The molecule has 0 bridgehead atoms. The normalized spacial score (nSPS) is 35.0. The highest BCUT2D eigenvalue weighted by Gasteiger charge is 2.40. The second-order valence-corrected chi connectivity index (χ2v) is 9.02. The lowest BCUT2D eigenvalue weighted by Crippen LogP contribution is -2.42. The van der Waals surface area contributed by atoms with Crippen LogP contribution in [0.25, 0.3) is 11.0 Å². The van der Waals surface area contributed by atoms with Crippen molar-refractivity contribution in [2.24, 2.45) is 0 Å². The fourth-order valence-electron chi connectivity index (χ4n) is 3.84. The number of pyridine rings is 1. The van der Waals surface area contributed by atoms with Crippen molar-refractivity contribution in [1.82, 2.24) is 18.8 Å². The number of halogens is 2.